The summed E-state index contributed by atoms with van der Waals surface area (Å²) in [4.78, 5) is 10.7. The van der Waals surface area contributed by atoms with Gasteiger partial charge in [0.1, 0.15) is 5.82 Å². The zero-order valence-electron chi connectivity index (χ0n) is 11.5. The van der Waals surface area contributed by atoms with Crippen molar-refractivity contribution < 1.29 is 22.7 Å². The topological polar surface area (TPSA) is 101 Å². The van der Waals surface area contributed by atoms with Gasteiger partial charge in [0.2, 0.25) is 10.0 Å². The zero-order chi connectivity index (χ0) is 15.8. The normalized spacial score (nSPS) is 20.4. The first kappa shape index (κ1) is 15.9. The van der Waals surface area contributed by atoms with Crippen LogP contribution in [0.2, 0.25) is 0 Å². The number of nitrogens with zero attached hydrogens (tertiary/aromatic N) is 1. The van der Waals surface area contributed by atoms with Crippen LogP contribution in [0.3, 0.4) is 0 Å². The van der Waals surface area contributed by atoms with Crippen LogP contribution in [0.25, 0.3) is 0 Å². The van der Waals surface area contributed by atoms with Crippen LogP contribution in [-0.4, -0.2) is 42.9 Å². The third-order valence-electron chi connectivity index (χ3n) is 3.58. The smallest absolute Gasteiger partial charge is 0.335 e. The molecule has 1 atom stereocenters. The maximum absolute atomic E-state index is 13.8. The Bertz CT molecular complexity index is 675. The Morgan fingerprint density at radius 3 is 2.71 bits per heavy atom. The number of sulfonamides is 1. The SMILES string of the molecule is Cc1c(F)cc(C(=O)O)cc1S(=O)(=O)N1CCCC(N)C1. The molecule has 0 aromatic heterocycles. The molecule has 1 aliphatic heterocycles. The number of hydrogen-bond donors (Lipinski definition) is 2. The molecule has 0 aliphatic carbocycles. The maximum Gasteiger partial charge on any atom is 0.335 e. The molecule has 1 saturated heterocycles. The summed E-state index contributed by atoms with van der Waals surface area (Å²) >= 11 is 0. The fourth-order valence-electron chi connectivity index (χ4n) is 2.38. The van der Waals surface area contributed by atoms with Gasteiger partial charge in [-0.3, -0.25) is 0 Å². The van der Waals surface area contributed by atoms with E-state index >= 15 is 0 Å². The fraction of sp³-hybridized carbons (Fsp3) is 0.462. The van der Waals surface area contributed by atoms with Gasteiger partial charge in [0.25, 0.3) is 0 Å². The second kappa shape index (κ2) is 5.70. The molecule has 3 N–H and O–H groups in total. The minimum Gasteiger partial charge on any atom is -0.478 e. The molecule has 0 bridgehead atoms. The van der Waals surface area contributed by atoms with Crippen molar-refractivity contribution in [1.29, 1.82) is 0 Å². The van der Waals surface area contributed by atoms with Gasteiger partial charge in [0.15, 0.2) is 0 Å². The predicted molar refractivity (Wildman–Crippen MR) is 74.1 cm³/mol. The highest BCUT2D eigenvalue weighted by Gasteiger charge is 2.31. The average molecular weight is 316 g/mol. The second-order valence-electron chi connectivity index (χ2n) is 5.15. The molecule has 1 fully saturated rings. The predicted octanol–water partition coefficient (Wildman–Crippen LogP) is 0.944. The summed E-state index contributed by atoms with van der Waals surface area (Å²) < 4.78 is 40.2. The quantitative estimate of drug-likeness (QED) is 0.864. The standard InChI is InChI=1S/C13H17FN2O4S/c1-8-11(14)5-9(13(17)18)6-12(8)21(19,20)16-4-2-3-10(15)7-16/h5-6,10H,2-4,7,15H2,1H3,(H,17,18). The number of aromatic carboxylic acids is 1. The molecule has 21 heavy (non-hydrogen) atoms. The van der Waals surface area contributed by atoms with Crippen molar-refractivity contribution >= 4 is 16.0 Å². The lowest BCUT2D eigenvalue weighted by molar-refractivity contribution is 0.0696. The summed E-state index contributed by atoms with van der Waals surface area (Å²) in [5, 5.41) is 8.95. The van der Waals surface area contributed by atoms with Gasteiger partial charge < -0.3 is 10.8 Å². The molecule has 2 rings (SSSR count). The highest BCUT2D eigenvalue weighted by atomic mass is 32.2. The highest BCUT2D eigenvalue weighted by Crippen LogP contribution is 2.26. The van der Waals surface area contributed by atoms with Crippen LogP contribution >= 0.6 is 0 Å². The molecule has 8 heteroatoms. The second-order valence-corrected chi connectivity index (χ2v) is 7.06. The van der Waals surface area contributed by atoms with Gasteiger partial charge in [-0.2, -0.15) is 4.31 Å². The van der Waals surface area contributed by atoms with E-state index in [-0.39, 0.29) is 23.0 Å². The number of halogens is 1. The van der Waals surface area contributed by atoms with Gasteiger partial charge in [0.05, 0.1) is 10.5 Å². The molecule has 0 spiro atoms. The number of hydrogen-bond acceptors (Lipinski definition) is 4. The lowest BCUT2D eigenvalue weighted by Gasteiger charge is -2.30. The first-order valence-electron chi connectivity index (χ1n) is 6.52. The van der Waals surface area contributed by atoms with E-state index in [0.29, 0.717) is 13.0 Å². The van der Waals surface area contributed by atoms with Crippen molar-refractivity contribution in [2.24, 2.45) is 5.73 Å². The van der Waals surface area contributed by atoms with Crippen LogP contribution in [0.1, 0.15) is 28.8 Å². The van der Waals surface area contributed by atoms with Crippen LogP contribution in [0, 0.1) is 12.7 Å². The summed E-state index contributed by atoms with van der Waals surface area (Å²) in [6, 6.07) is 1.55. The minimum atomic E-state index is -3.95. The van der Waals surface area contributed by atoms with Crippen molar-refractivity contribution in [1.82, 2.24) is 4.31 Å². The van der Waals surface area contributed by atoms with Crippen molar-refractivity contribution in [2.45, 2.75) is 30.7 Å². The fourth-order valence-corrected chi connectivity index (χ4v) is 4.17. The van der Waals surface area contributed by atoms with Gasteiger partial charge in [-0.25, -0.2) is 17.6 Å². The molecule has 1 aromatic rings. The Morgan fingerprint density at radius 2 is 2.14 bits per heavy atom. The van der Waals surface area contributed by atoms with Crippen LogP contribution in [0.15, 0.2) is 17.0 Å². The number of rotatable bonds is 3. The Morgan fingerprint density at radius 1 is 1.48 bits per heavy atom. The molecule has 1 aliphatic rings. The number of nitrogens with two attached hydrogens (primary N) is 1. The average Bonchev–Trinajstić information content (AvgIpc) is 2.41. The zero-order valence-corrected chi connectivity index (χ0v) is 12.4. The molecule has 6 nitrogen and oxygen atoms in total. The van der Waals surface area contributed by atoms with Crippen molar-refractivity contribution in [3.8, 4) is 0 Å². The van der Waals surface area contributed by atoms with Gasteiger partial charge in [0, 0.05) is 24.7 Å². The molecule has 1 aromatic carbocycles. The van der Waals surface area contributed by atoms with Gasteiger partial charge in [-0.15, -0.1) is 0 Å². The third kappa shape index (κ3) is 3.07. The maximum atomic E-state index is 13.8. The Balaban J connectivity index is 2.51. The van der Waals surface area contributed by atoms with E-state index < -0.39 is 27.4 Å². The lowest BCUT2D eigenvalue weighted by Crippen LogP contribution is -2.45. The number of carboxylic acid groups (broad SMARTS) is 1. The van der Waals surface area contributed by atoms with E-state index in [1.54, 1.807) is 0 Å². The van der Waals surface area contributed by atoms with E-state index in [0.717, 1.165) is 18.6 Å². The molecule has 0 amide bonds. The summed E-state index contributed by atoms with van der Waals surface area (Å²) in [5.74, 6) is -2.23. The summed E-state index contributed by atoms with van der Waals surface area (Å²) in [6.45, 7) is 1.77. The molecule has 0 saturated carbocycles. The van der Waals surface area contributed by atoms with Gasteiger partial charge in [-0.1, -0.05) is 0 Å². The van der Waals surface area contributed by atoms with Crippen LogP contribution in [0.4, 0.5) is 4.39 Å². The van der Waals surface area contributed by atoms with E-state index in [1.807, 2.05) is 0 Å². The Kier molecular flexibility index (Phi) is 4.31. The number of piperidine rings is 1. The molecular formula is C13H17FN2O4S. The largest absolute Gasteiger partial charge is 0.478 e. The summed E-state index contributed by atoms with van der Waals surface area (Å²) in [7, 11) is -3.95. The van der Waals surface area contributed by atoms with Crippen LogP contribution in [-0.2, 0) is 10.0 Å². The van der Waals surface area contributed by atoms with E-state index in [1.165, 1.54) is 11.2 Å². The monoisotopic (exact) mass is 316 g/mol. The van der Waals surface area contributed by atoms with Crippen molar-refractivity contribution in [3.63, 3.8) is 0 Å². The first-order valence-corrected chi connectivity index (χ1v) is 7.96. The highest BCUT2D eigenvalue weighted by molar-refractivity contribution is 7.89. The summed E-state index contributed by atoms with van der Waals surface area (Å²) in [5.41, 5.74) is 5.30. The lowest BCUT2D eigenvalue weighted by atomic mass is 10.1. The van der Waals surface area contributed by atoms with Crippen LogP contribution < -0.4 is 5.73 Å². The third-order valence-corrected chi connectivity index (χ3v) is 5.57. The van der Waals surface area contributed by atoms with Gasteiger partial charge >= 0.3 is 5.97 Å². The molecule has 1 unspecified atom stereocenters. The van der Waals surface area contributed by atoms with E-state index in [2.05, 4.69) is 0 Å². The van der Waals surface area contributed by atoms with Crippen LogP contribution in [0.5, 0.6) is 0 Å². The number of benzene rings is 1. The van der Waals surface area contributed by atoms with E-state index in [9.17, 15) is 17.6 Å². The summed E-state index contributed by atoms with van der Waals surface area (Å²) in [6.07, 6.45) is 1.36. The molecular weight excluding hydrogens is 299 g/mol. The van der Waals surface area contributed by atoms with Gasteiger partial charge in [-0.05, 0) is 31.9 Å². The number of carbonyl (C=O) groups is 1. The van der Waals surface area contributed by atoms with E-state index in [4.69, 9.17) is 10.8 Å². The first-order chi connectivity index (χ1) is 9.73. The molecule has 116 valence electrons. The molecule has 0 radical (unpaired) electrons. The van der Waals surface area contributed by atoms with Crippen molar-refractivity contribution in [2.75, 3.05) is 13.1 Å². The molecule has 1 heterocycles. The number of carboxylic acids is 1. The van der Waals surface area contributed by atoms with Crippen molar-refractivity contribution in [3.05, 3.63) is 29.1 Å². The Labute approximate surface area is 122 Å². The Hall–Kier alpha value is -1.51. The minimum absolute atomic E-state index is 0.0841.